The zero-order chi connectivity index (χ0) is 22.1. The predicted molar refractivity (Wildman–Crippen MR) is 121 cm³/mol. The summed E-state index contributed by atoms with van der Waals surface area (Å²) in [5.41, 5.74) is 3.47. The van der Waals surface area contributed by atoms with Gasteiger partial charge < -0.3 is 10.1 Å². The van der Waals surface area contributed by atoms with Gasteiger partial charge in [-0.3, -0.25) is 4.79 Å². The largest absolute Gasteiger partial charge is 0.496 e. The van der Waals surface area contributed by atoms with Crippen LogP contribution in [0.1, 0.15) is 29.5 Å². The first kappa shape index (κ1) is 22.8. The number of piperidine rings is 1. The zero-order valence-corrected chi connectivity index (χ0v) is 20.1. The molecule has 1 heterocycles. The van der Waals surface area contributed by atoms with E-state index >= 15 is 0 Å². The lowest BCUT2D eigenvalue weighted by molar-refractivity contribution is -0.120. The molecular weight excluding hydrogens is 468 g/mol. The zero-order valence-electron chi connectivity index (χ0n) is 17.7. The summed E-state index contributed by atoms with van der Waals surface area (Å²) < 4.78 is 33.9. The number of aryl methyl sites for hydroxylation is 3. The van der Waals surface area contributed by atoms with Gasteiger partial charge in [0, 0.05) is 23.2 Å². The summed E-state index contributed by atoms with van der Waals surface area (Å²) in [7, 11) is -2.12. The number of benzene rings is 2. The highest BCUT2D eigenvalue weighted by Gasteiger charge is 2.33. The van der Waals surface area contributed by atoms with Gasteiger partial charge in [0.1, 0.15) is 5.75 Å². The minimum Gasteiger partial charge on any atom is -0.496 e. The van der Waals surface area contributed by atoms with Crippen molar-refractivity contribution in [3.63, 3.8) is 0 Å². The van der Waals surface area contributed by atoms with Crippen molar-refractivity contribution in [1.29, 1.82) is 0 Å². The second-order valence-electron chi connectivity index (χ2n) is 7.74. The van der Waals surface area contributed by atoms with Gasteiger partial charge >= 0.3 is 0 Å². The quantitative estimate of drug-likeness (QED) is 0.667. The average Bonchev–Trinajstić information content (AvgIpc) is 2.70. The first-order chi connectivity index (χ1) is 14.1. The molecule has 0 spiro atoms. The number of sulfonamides is 1. The van der Waals surface area contributed by atoms with Gasteiger partial charge in [-0.25, -0.2) is 8.42 Å². The summed E-state index contributed by atoms with van der Waals surface area (Å²) in [6, 6.07) is 8.74. The van der Waals surface area contributed by atoms with E-state index in [0.29, 0.717) is 25.1 Å². The van der Waals surface area contributed by atoms with Crippen molar-refractivity contribution in [3.05, 3.63) is 51.5 Å². The number of nitrogens with one attached hydrogen (secondary N) is 1. The lowest BCUT2D eigenvalue weighted by atomic mass is 9.98. The van der Waals surface area contributed by atoms with Crippen LogP contribution in [0.4, 0.5) is 5.69 Å². The van der Waals surface area contributed by atoms with E-state index < -0.39 is 15.9 Å². The molecule has 2 aromatic rings. The topological polar surface area (TPSA) is 75.7 Å². The number of halogens is 1. The summed E-state index contributed by atoms with van der Waals surface area (Å²) in [6.07, 6.45) is 1.30. The normalized spacial score (nSPS) is 17.6. The highest BCUT2D eigenvalue weighted by atomic mass is 79.9. The number of hydrogen-bond donors (Lipinski definition) is 1. The van der Waals surface area contributed by atoms with Gasteiger partial charge in [-0.15, -0.1) is 0 Å². The molecule has 1 aliphatic rings. The van der Waals surface area contributed by atoms with E-state index in [9.17, 15) is 13.2 Å². The van der Waals surface area contributed by atoms with E-state index in [1.165, 1.54) is 4.31 Å². The smallest absolute Gasteiger partial charge is 0.243 e. The van der Waals surface area contributed by atoms with Crippen LogP contribution in [0.5, 0.6) is 5.75 Å². The molecule has 0 bridgehead atoms. The van der Waals surface area contributed by atoms with E-state index in [0.717, 1.165) is 26.9 Å². The predicted octanol–water partition coefficient (Wildman–Crippen LogP) is 4.42. The van der Waals surface area contributed by atoms with Gasteiger partial charge in [0.15, 0.2) is 0 Å². The van der Waals surface area contributed by atoms with Crippen LogP contribution < -0.4 is 10.1 Å². The third-order valence-electron chi connectivity index (χ3n) is 5.50. The van der Waals surface area contributed by atoms with E-state index in [-0.39, 0.29) is 17.3 Å². The molecular formula is C22H27BrN2O4S. The monoisotopic (exact) mass is 494 g/mol. The van der Waals surface area contributed by atoms with Crippen molar-refractivity contribution in [2.24, 2.45) is 5.92 Å². The van der Waals surface area contributed by atoms with Crippen LogP contribution >= 0.6 is 15.9 Å². The summed E-state index contributed by atoms with van der Waals surface area (Å²) in [5.74, 6) is 0.106. The summed E-state index contributed by atoms with van der Waals surface area (Å²) in [4.78, 5) is 13.2. The Labute approximate surface area is 186 Å². The van der Waals surface area contributed by atoms with Crippen LogP contribution in [0.15, 0.2) is 39.7 Å². The van der Waals surface area contributed by atoms with Gasteiger partial charge in [0.2, 0.25) is 15.9 Å². The molecule has 1 unspecified atom stereocenters. The molecule has 0 saturated carbocycles. The molecule has 0 aromatic heterocycles. The van der Waals surface area contributed by atoms with Gasteiger partial charge in [0.05, 0.1) is 17.9 Å². The molecule has 0 aliphatic carbocycles. The number of amides is 1. The lowest BCUT2D eigenvalue weighted by Crippen LogP contribution is -2.43. The second-order valence-corrected chi connectivity index (χ2v) is 10.6. The SMILES string of the molecule is COc1ccc(S(=O)(=O)N2CCCC(C(=O)Nc3c(C)cc(Br)cc3C)C2)cc1C. The second kappa shape index (κ2) is 9.08. The Morgan fingerprint density at radius 2 is 1.80 bits per heavy atom. The average molecular weight is 495 g/mol. The maximum absolute atomic E-state index is 13.2. The summed E-state index contributed by atoms with van der Waals surface area (Å²) in [5, 5.41) is 3.01. The maximum Gasteiger partial charge on any atom is 0.243 e. The van der Waals surface area contributed by atoms with Gasteiger partial charge in [-0.05, 0) is 80.6 Å². The first-order valence-electron chi connectivity index (χ1n) is 9.86. The van der Waals surface area contributed by atoms with Crippen molar-refractivity contribution in [2.45, 2.75) is 38.5 Å². The molecule has 1 aliphatic heterocycles. The third kappa shape index (κ3) is 4.71. The molecule has 2 aromatic carbocycles. The number of rotatable bonds is 5. The summed E-state index contributed by atoms with van der Waals surface area (Å²) in [6.45, 7) is 6.28. The van der Waals surface area contributed by atoms with E-state index in [1.54, 1.807) is 25.3 Å². The molecule has 3 rings (SSSR count). The number of anilines is 1. The Morgan fingerprint density at radius 1 is 1.13 bits per heavy atom. The fraction of sp³-hybridized carbons (Fsp3) is 0.409. The van der Waals surface area contributed by atoms with E-state index in [4.69, 9.17) is 4.74 Å². The standard InChI is InChI=1S/C22H27BrN2O4S/c1-14-12-19(7-8-20(14)29-4)30(27,28)25-9-5-6-17(13-25)22(26)24-21-15(2)10-18(23)11-16(21)3/h7-8,10-12,17H,5-6,9,13H2,1-4H3,(H,24,26). The van der Waals surface area contributed by atoms with Gasteiger partial charge in [-0.2, -0.15) is 4.31 Å². The number of ether oxygens (including phenoxy) is 1. The van der Waals surface area contributed by atoms with Crippen molar-refractivity contribution in [2.75, 3.05) is 25.5 Å². The van der Waals surface area contributed by atoms with Crippen LogP contribution in [0.25, 0.3) is 0 Å². The van der Waals surface area contributed by atoms with Crippen molar-refractivity contribution in [3.8, 4) is 5.75 Å². The van der Waals surface area contributed by atoms with Crippen molar-refractivity contribution >= 4 is 37.5 Å². The molecule has 6 nitrogen and oxygen atoms in total. The maximum atomic E-state index is 13.2. The molecule has 1 saturated heterocycles. The van der Waals surface area contributed by atoms with Crippen molar-refractivity contribution < 1.29 is 17.9 Å². The van der Waals surface area contributed by atoms with Crippen LogP contribution in [-0.2, 0) is 14.8 Å². The Kier molecular flexibility index (Phi) is 6.89. The lowest BCUT2D eigenvalue weighted by Gasteiger charge is -2.31. The number of methoxy groups -OCH3 is 1. The number of carbonyl (C=O) groups excluding carboxylic acids is 1. The molecule has 8 heteroatoms. The van der Waals surface area contributed by atoms with E-state index in [1.807, 2.05) is 32.9 Å². The Morgan fingerprint density at radius 3 is 2.40 bits per heavy atom. The molecule has 1 amide bonds. The minimum atomic E-state index is -3.68. The van der Waals surface area contributed by atoms with Gasteiger partial charge in [0.25, 0.3) is 0 Å². The number of hydrogen-bond acceptors (Lipinski definition) is 4. The van der Waals surface area contributed by atoms with E-state index in [2.05, 4.69) is 21.2 Å². The fourth-order valence-electron chi connectivity index (χ4n) is 3.87. The van der Waals surface area contributed by atoms with Crippen molar-refractivity contribution in [1.82, 2.24) is 4.31 Å². The first-order valence-corrected chi connectivity index (χ1v) is 12.1. The number of carbonyl (C=O) groups is 1. The number of nitrogens with zero attached hydrogens (tertiary/aromatic N) is 1. The van der Waals surface area contributed by atoms with Gasteiger partial charge in [-0.1, -0.05) is 15.9 Å². The molecule has 1 fully saturated rings. The molecule has 0 radical (unpaired) electrons. The third-order valence-corrected chi connectivity index (χ3v) is 7.82. The molecule has 162 valence electrons. The molecule has 1 atom stereocenters. The van der Waals surface area contributed by atoms with Crippen LogP contribution in [-0.4, -0.2) is 38.8 Å². The Bertz CT molecular complexity index is 1050. The minimum absolute atomic E-state index is 0.144. The highest BCUT2D eigenvalue weighted by molar-refractivity contribution is 9.10. The molecule has 30 heavy (non-hydrogen) atoms. The Balaban J connectivity index is 1.78. The van der Waals surface area contributed by atoms with Crippen LogP contribution in [0.3, 0.4) is 0 Å². The fourth-order valence-corrected chi connectivity index (χ4v) is 6.16. The highest BCUT2D eigenvalue weighted by Crippen LogP contribution is 2.29. The van der Waals surface area contributed by atoms with Crippen LogP contribution in [0, 0.1) is 26.7 Å². The van der Waals surface area contributed by atoms with Crippen LogP contribution in [0.2, 0.25) is 0 Å². The molecule has 1 N–H and O–H groups in total. The summed E-state index contributed by atoms with van der Waals surface area (Å²) >= 11 is 3.46. The Hall–Kier alpha value is -1.90.